The molecule has 8 aromatic carbocycles. The van der Waals surface area contributed by atoms with E-state index in [2.05, 4.69) is 178 Å². The molecular weight excluding hydrogens is 735 g/mol. The molecule has 0 radical (unpaired) electrons. The zero-order chi connectivity index (χ0) is 39.3. The molecule has 2 aliphatic carbocycles. The molecule has 0 N–H and O–H groups in total. The van der Waals surface area contributed by atoms with Gasteiger partial charge in [0.15, 0.2) is 17.5 Å². The number of rotatable bonds is 4. The van der Waals surface area contributed by atoms with E-state index in [-0.39, 0.29) is 5.41 Å². The van der Waals surface area contributed by atoms with Gasteiger partial charge in [-0.25, -0.2) is 15.0 Å². The smallest absolute Gasteiger partial charge is 0.164 e. The summed E-state index contributed by atoms with van der Waals surface area (Å²) in [6, 6.07) is 68.2. The fraction of sp³-hybridized carbons (Fsp3) is 0.0727. The van der Waals surface area contributed by atoms with Crippen LogP contribution in [0.3, 0.4) is 0 Å². The largest absolute Gasteiger partial charge is 0.208 e. The van der Waals surface area contributed by atoms with E-state index in [1.54, 1.807) is 0 Å². The van der Waals surface area contributed by atoms with Gasteiger partial charge < -0.3 is 0 Å². The van der Waals surface area contributed by atoms with Crippen molar-refractivity contribution < 1.29 is 0 Å². The van der Waals surface area contributed by atoms with Crippen LogP contribution in [0.2, 0.25) is 0 Å². The number of benzene rings is 8. The summed E-state index contributed by atoms with van der Waals surface area (Å²) in [5, 5.41) is 2.48. The fourth-order valence-electron chi connectivity index (χ4n) is 10.0. The monoisotopic (exact) mass is 771 g/mol. The van der Waals surface area contributed by atoms with Crippen LogP contribution in [0.5, 0.6) is 0 Å². The predicted molar refractivity (Wildman–Crippen MR) is 244 cm³/mol. The molecule has 0 bridgehead atoms. The van der Waals surface area contributed by atoms with Crippen molar-refractivity contribution in [2.45, 2.75) is 24.7 Å². The van der Waals surface area contributed by atoms with Gasteiger partial charge in [-0.1, -0.05) is 172 Å². The van der Waals surface area contributed by atoms with Gasteiger partial charge in [0.2, 0.25) is 0 Å². The minimum absolute atomic E-state index is 0.229. The molecule has 0 saturated carbocycles. The first kappa shape index (κ1) is 34.1. The maximum Gasteiger partial charge on any atom is 0.164 e. The van der Waals surface area contributed by atoms with Crippen molar-refractivity contribution in [2.75, 3.05) is 0 Å². The molecule has 59 heavy (non-hydrogen) atoms. The Balaban J connectivity index is 1.06. The van der Waals surface area contributed by atoms with Crippen molar-refractivity contribution >= 4 is 31.5 Å². The highest BCUT2D eigenvalue weighted by molar-refractivity contribution is 7.25. The Hall–Kier alpha value is -7.01. The maximum atomic E-state index is 5.16. The van der Waals surface area contributed by atoms with Crippen LogP contribution >= 0.6 is 11.3 Å². The lowest BCUT2D eigenvalue weighted by Crippen LogP contribution is -2.40. The molecule has 0 amide bonds. The van der Waals surface area contributed by atoms with Gasteiger partial charge in [-0.05, 0) is 86.0 Å². The Kier molecular flexibility index (Phi) is 7.36. The van der Waals surface area contributed by atoms with Crippen molar-refractivity contribution in [3.63, 3.8) is 0 Å². The van der Waals surface area contributed by atoms with Crippen LogP contribution in [0.1, 0.15) is 47.2 Å². The average molecular weight is 772 g/mol. The van der Waals surface area contributed by atoms with Crippen LogP contribution in [0.4, 0.5) is 0 Å². The third kappa shape index (κ3) is 4.97. The second kappa shape index (κ2) is 12.7. The molecule has 4 heteroatoms. The molecule has 12 rings (SSSR count). The van der Waals surface area contributed by atoms with Gasteiger partial charge in [-0.2, -0.15) is 0 Å². The molecular formula is C55H37N3S. The number of hydrogen-bond donors (Lipinski definition) is 0. The summed E-state index contributed by atoms with van der Waals surface area (Å²) in [5.74, 6) is 1.97. The van der Waals surface area contributed by atoms with Gasteiger partial charge in [-0.3, -0.25) is 0 Å². The number of aromatic nitrogens is 3. The number of thiophene rings is 1. The molecule has 3 nitrogen and oxygen atoms in total. The third-order valence-electron chi connectivity index (χ3n) is 12.8. The highest BCUT2D eigenvalue weighted by Crippen LogP contribution is 2.62. The second-order valence-corrected chi connectivity index (χ2v) is 17.4. The van der Waals surface area contributed by atoms with Crippen molar-refractivity contribution in [3.8, 4) is 56.4 Å². The van der Waals surface area contributed by atoms with Crippen molar-refractivity contribution in [1.29, 1.82) is 0 Å². The maximum absolute atomic E-state index is 5.16. The Labute approximate surface area is 347 Å². The quantitative estimate of drug-likeness (QED) is 0.179. The van der Waals surface area contributed by atoms with E-state index in [0.29, 0.717) is 17.5 Å². The van der Waals surface area contributed by atoms with E-state index in [1.165, 1.54) is 70.2 Å². The van der Waals surface area contributed by atoms with E-state index in [4.69, 9.17) is 15.0 Å². The van der Waals surface area contributed by atoms with Crippen LogP contribution in [0, 0.1) is 0 Å². The van der Waals surface area contributed by atoms with E-state index in [1.807, 2.05) is 35.6 Å². The first-order chi connectivity index (χ1) is 29.0. The summed E-state index contributed by atoms with van der Waals surface area (Å²) in [4.78, 5) is 15.3. The fourth-order valence-corrected chi connectivity index (χ4v) is 11.2. The predicted octanol–water partition coefficient (Wildman–Crippen LogP) is 13.9. The Morgan fingerprint density at radius 2 is 0.797 bits per heavy atom. The normalized spacial score (nSPS) is 14.2. The molecule has 0 fully saturated rings. The topological polar surface area (TPSA) is 38.7 Å². The minimum Gasteiger partial charge on any atom is -0.208 e. The minimum atomic E-state index is -0.418. The number of fused-ring (bicyclic) bond motifs is 12. The Bertz CT molecular complexity index is 3240. The second-order valence-electron chi connectivity index (χ2n) is 16.3. The molecule has 2 heterocycles. The number of nitrogens with zero attached hydrogens (tertiary/aromatic N) is 3. The Morgan fingerprint density at radius 3 is 1.44 bits per heavy atom. The third-order valence-corrected chi connectivity index (χ3v) is 14.0. The first-order valence-electron chi connectivity index (χ1n) is 20.3. The number of hydrogen-bond acceptors (Lipinski definition) is 4. The van der Waals surface area contributed by atoms with Crippen LogP contribution in [0.25, 0.3) is 76.6 Å². The van der Waals surface area contributed by atoms with Crippen LogP contribution < -0.4 is 0 Å². The van der Waals surface area contributed by atoms with Crippen LogP contribution in [0.15, 0.2) is 188 Å². The van der Waals surface area contributed by atoms with Gasteiger partial charge in [0.1, 0.15) is 0 Å². The molecule has 0 aliphatic heterocycles. The summed E-state index contributed by atoms with van der Waals surface area (Å²) < 4.78 is 2.53. The van der Waals surface area contributed by atoms with E-state index >= 15 is 0 Å². The zero-order valence-corrected chi connectivity index (χ0v) is 33.5. The van der Waals surface area contributed by atoms with Gasteiger partial charge >= 0.3 is 0 Å². The van der Waals surface area contributed by atoms with Crippen LogP contribution in [-0.4, -0.2) is 15.0 Å². The standard InChI is InChI=1S/C55H37N3S/c1-54(2)45-23-13-14-24-46(45)55(43-21-11-9-19-39(43)40-20-10-12-22-44(40)55)48-33-50-42(32-47(48)54)41-31-38(29-30-49(41)59-50)53-57-51(36-17-7-4-8-18-36)56-52(58-53)37-27-25-35(26-28-37)34-15-5-3-6-16-34/h3-33H,1-2H3. The summed E-state index contributed by atoms with van der Waals surface area (Å²) >= 11 is 1.87. The van der Waals surface area contributed by atoms with Gasteiger partial charge in [0, 0.05) is 42.3 Å². The first-order valence-corrected chi connectivity index (χ1v) is 21.1. The van der Waals surface area contributed by atoms with E-state index < -0.39 is 5.41 Å². The lowest BCUT2D eigenvalue weighted by molar-refractivity contribution is 0.564. The lowest BCUT2D eigenvalue weighted by Gasteiger charge is -2.46. The molecule has 2 aliphatic rings. The summed E-state index contributed by atoms with van der Waals surface area (Å²) in [5.41, 5.74) is 15.4. The van der Waals surface area contributed by atoms with Crippen molar-refractivity contribution in [3.05, 3.63) is 221 Å². The summed E-state index contributed by atoms with van der Waals surface area (Å²) in [7, 11) is 0. The SMILES string of the molecule is CC1(C)c2ccccc2C2(c3ccccc3-c3ccccc32)c2cc3sc4ccc(-c5nc(-c6ccccc6)nc(-c6ccc(-c7ccccc7)cc6)n5)cc4c3cc21. The lowest BCUT2D eigenvalue weighted by atomic mass is 9.55. The highest BCUT2D eigenvalue weighted by Gasteiger charge is 2.53. The van der Waals surface area contributed by atoms with Crippen LogP contribution in [-0.2, 0) is 10.8 Å². The molecule has 0 atom stereocenters. The molecule has 10 aromatic rings. The van der Waals surface area contributed by atoms with E-state index in [9.17, 15) is 0 Å². The molecule has 1 spiro atoms. The highest BCUT2D eigenvalue weighted by atomic mass is 32.1. The summed E-state index contributed by atoms with van der Waals surface area (Å²) in [6.45, 7) is 4.81. The van der Waals surface area contributed by atoms with Gasteiger partial charge in [-0.15, -0.1) is 11.3 Å². The molecule has 0 unspecified atom stereocenters. The van der Waals surface area contributed by atoms with E-state index in [0.717, 1.165) is 22.3 Å². The van der Waals surface area contributed by atoms with Gasteiger partial charge in [0.25, 0.3) is 0 Å². The summed E-state index contributed by atoms with van der Waals surface area (Å²) in [6.07, 6.45) is 0. The van der Waals surface area contributed by atoms with Crippen molar-refractivity contribution in [2.24, 2.45) is 0 Å². The molecule has 278 valence electrons. The zero-order valence-electron chi connectivity index (χ0n) is 32.6. The Morgan fingerprint density at radius 1 is 0.339 bits per heavy atom. The van der Waals surface area contributed by atoms with Crippen molar-refractivity contribution in [1.82, 2.24) is 15.0 Å². The molecule has 0 saturated heterocycles. The molecule has 2 aromatic heterocycles. The average Bonchev–Trinajstić information content (AvgIpc) is 3.81. The van der Waals surface area contributed by atoms with Gasteiger partial charge in [0.05, 0.1) is 5.41 Å².